The predicted octanol–water partition coefficient (Wildman–Crippen LogP) is 2.63. The van der Waals surface area contributed by atoms with Gasteiger partial charge in [-0.1, -0.05) is 30.4 Å². The van der Waals surface area contributed by atoms with Gasteiger partial charge in [-0.15, -0.1) is 0 Å². The molecule has 104 valence electrons. The van der Waals surface area contributed by atoms with Gasteiger partial charge in [-0.2, -0.15) is 0 Å². The number of benzene rings is 1. The zero-order valence-corrected chi connectivity index (χ0v) is 11.1. The van der Waals surface area contributed by atoms with Gasteiger partial charge in [-0.3, -0.25) is 4.79 Å². The number of nitrogens with one attached hydrogen (secondary N) is 1. The molecule has 1 amide bonds. The average Bonchev–Trinajstić information content (AvgIpc) is 2.89. The molecule has 4 nitrogen and oxygen atoms in total. The van der Waals surface area contributed by atoms with E-state index in [1.165, 1.54) is 0 Å². The Bertz CT molecular complexity index is 626. The lowest BCUT2D eigenvalue weighted by Crippen LogP contribution is -2.42. The number of para-hydroxylation sites is 1. The van der Waals surface area contributed by atoms with Gasteiger partial charge in [0.25, 0.3) is 5.91 Å². The highest BCUT2D eigenvalue weighted by molar-refractivity contribution is 5.96. The van der Waals surface area contributed by atoms with Gasteiger partial charge in [0.15, 0.2) is 5.76 Å². The number of hydrogen-bond donors (Lipinski definition) is 2. The summed E-state index contributed by atoms with van der Waals surface area (Å²) in [6.07, 6.45) is 6.32. The lowest BCUT2D eigenvalue weighted by atomic mass is 9.91. The molecule has 1 heterocycles. The Morgan fingerprint density at radius 2 is 2.25 bits per heavy atom. The van der Waals surface area contributed by atoms with Crippen molar-refractivity contribution < 1.29 is 14.3 Å². The first-order valence-corrected chi connectivity index (χ1v) is 6.83. The number of fused-ring (bicyclic) bond motifs is 1. The highest BCUT2D eigenvalue weighted by Crippen LogP contribution is 2.22. The van der Waals surface area contributed by atoms with E-state index in [0.29, 0.717) is 12.0 Å². The summed E-state index contributed by atoms with van der Waals surface area (Å²) in [5.41, 5.74) is -0.242. The summed E-state index contributed by atoms with van der Waals surface area (Å²) in [5.74, 6) is -0.0248. The largest absolute Gasteiger partial charge is 0.451 e. The molecule has 1 aliphatic rings. The van der Waals surface area contributed by atoms with Gasteiger partial charge in [0.1, 0.15) is 5.58 Å². The van der Waals surface area contributed by atoms with Gasteiger partial charge in [0.05, 0.1) is 12.1 Å². The molecule has 0 spiro atoms. The molecule has 2 aromatic rings. The molecule has 1 atom stereocenters. The van der Waals surface area contributed by atoms with Crippen LogP contribution in [-0.2, 0) is 0 Å². The molecule has 4 heteroatoms. The lowest BCUT2D eigenvalue weighted by molar-refractivity contribution is 0.0649. The number of hydrogen-bond acceptors (Lipinski definition) is 3. The van der Waals surface area contributed by atoms with Crippen LogP contribution in [0.2, 0.25) is 0 Å². The van der Waals surface area contributed by atoms with Crippen LogP contribution >= 0.6 is 0 Å². The van der Waals surface area contributed by atoms with Crippen molar-refractivity contribution in [3.05, 3.63) is 48.2 Å². The zero-order valence-electron chi connectivity index (χ0n) is 11.1. The number of carbonyl (C=O) groups is 1. The molecule has 1 aromatic carbocycles. The minimum absolute atomic E-state index is 0.208. The van der Waals surface area contributed by atoms with Crippen LogP contribution < -0.4 is 5.32 Å². The Morgan fingerprint density at radius 3 is 3.00 bits per heavy atom. The number of amides is 1. The number of carbonyl (C=O) groups excluding carboxylic acids is 1. The third kappa shape index (κ3) is 2.60. The molecule has 2 N–H and O–H groups in total. The summed E-state index contributed by atoms with van der Waals surface area (Å²) in [7, 11) is 0. The lowest BCUT2D eigenvalue weighted by Gasteiger charge is -2.27. The van der Waals surface area contributed by atoms with Gasteiger partial charge in [0, 0.05) is 5.39 Å². The van der Waals surface area contributed by atoms with E-state index < -0.39 is 5.60 Å². The van der Waals surface area contributed by atoms with Crippen molar-refractivity contribution >= 4 is 16.9 Å². The van der Waals surface area contributed by atoms with Crippen molar-refractivity contribution in [3.8, 4) is 0 Å². The maximum absolute atomic E-state index is 12.1. The molecule has 1 aromatic heterocycles. The van der Waals surface area contributed by atoms with Crippen molar-refractivity contribution in [3.63, 3.8) is 0 Å². The molecule has 0 saturated carbocycles. The van der Waals surface area contributed by atoms with Gasteiger partial charge < -0.3 is 14.8 Å². The SMILES string of the molecule is O=C(NC[C@]1(O)C=CCCC1)c1cc2ccccc2o1. The van der Waals surface area contributed by atoms with E-state index >= 15 is 0 Å². The number of rotatable bonds is 3. The summed E-state index contributed by atoms with van der Waals surface area (Å²) in [4.78, 5) is 12.1. The first-order valence-electron chi connectivity index (χ1n) is 6.83. The van der Waals surface area contributed by atoms with Crippen molar-refractivity contribution in [2.45, 2.75) is 24.9 Å². The molecule has 20 heavy (non-hydrogen) atoms. The smallest absolute Gasteiger partial charge is 0.287 e. The number of furan rings is 1. The molecule has 0 aliphatic heterocycles. The molecular weight excluding hydrogens is 254 g/mol. The second-order valence-electron chi connectivity index (χ2n) is 5.23. The summed E-state index contributed by atoms with van der Waals surface area (Å²) < 4.78 is 5.49. The Hall–Kier alpha value is -2.07. The normalized spacial score (nSPS) is 22.1. The van der Waals surface area contributed by atoms with Crippen LogP contribution in [0, 0.1) is 0 Å². The maximum Gasteiger partial charge on any atom is 0.287 e. The van der Waals surface area contributed by atoms with Crippen LogP contribution in [0.5, 0.6) is 0 Å². The highest BCUT2D eigenvalue weighted by atomic mass is 16.3. The van der Waals surface area contributed by atoms with Crippen LogP contribution in [0.15, 0.2) is 46.9 Å². The Kier molecular flexibility index (Phi) is 3.32. The fourth-order valence-electron chi connectivity index (χ4n) is 2.47. The molecule has 3 rings (SSSR count). The van der Waals surface area contributed by atoms with Crippen LogP contribution in [0.25, 0.3) is 11.0 Å². The monoisotopic (exact) mass is 271 g/mol. The Morgan fingerprint density at radius 1 is 1.40 bits per heavy atom. The average molecular weight is 271 g/mol. The zero-order chi connectivity index (χ0) is 14.0. The number of allylic oxidation sites excluding steroid dienone is 1. The van der Waals surface area contributed by atoms with Crippen LogP contribution in [-0.4, -0.2) is 23.2 Å². The van der Waals surface area contributed by atoms with Crippen LogP contribution in [0.4, 0.5) is 0 Å². The Labute approximate surface area is 117 Å². The fraction of sp³-hybridized carbons (Fsp3) is 0.312. The van der Waals surface area contributed by atoms with E-state index in [2.05, 4.69) is 5.32 Å². The topological polar surface area (TPSA) is 62.5 Å². The molecule has 0 radical (unpaired) electrons. The van der Waals surface area contributed by atoms with Gasteiger partial charge in [-0.25, -0.2) is 0 Å². The standard InChI is InChI=1S/C16H17NO3/c18-15(17-11-16(19)8-4-1-5-9-16)14-10-12-6-2-3-7-13(12)20-14/h2-4,6-8,10,19H,1,5,9,11H2,(H,17,18)/t16-/m0/s1. The minimum atomic E-state index is -0.931. The van der Waals surface area contributed by atoms with Crippen molar-refractivity contribution in [2.24, 2.45) is 0 Å². The minimum Gasteiger partial charge on any atom is -0.451 e. The van der Waals surface area contributed by atoms with E-state index in [4.69, 9.17) is 4.42 Å². The third-order valence-electron chi connectivity index (χ3n) is 3.61. The molecule has 0 bridgehead atoms. The molecule has 1 aliphatic carbocycles. The van der Waals surface area contributed by atoms with Crippen LogP contribution in [0.1, 0.15) is 29.8 Å². The summed E-state index contributed by atoms with van der Waals surface area (Å²) in [6, 6.07) is 9.19. The van der Waals surface area contributed by atoms with E-state index in [1.54, 1.807) is 12.1 Å². The highest BCUT2D eigenvalue weighted by Gasteiger charge is 2.26. The maximum atomic E-state index is 12.1. The van der Waals surface area contributed by atoms with E-state index in [-0.39, 0.29) is 18.2 Å². The molecular formula is C16H17NO3. The second kappa shape index (κ2) is 5.13. The summed E-state index contributed by atoms with van der Waals surface area (Å²) in [5, 5.41) is 13.9. The second-order valence-corrected chi connectivity index (χ2v) is 5.23. The van der Waals surface area contributed by atoms with E-state index in [0.717, 1.165) is 18.2 Å². The van der Waals surface area contributed by atoms with Crippen molar-refractivity contribution in [1.29, 1.82) is 0 Å². The van der Waals surface area contributed by atoms with Crippen molar-refractivity contribution in [1.82, 2.24) is 5.32 Å². The van der Waals surface area contributed by atoms with Crippen molar-refractivity contribution in [2.75, 3.05) is 6.54 Å². The van der Waals surface area contributed by atoms with Crippen LogP contribution in [0.3, 0.4) is 0 Å². The molecule has 0 unspecified atom stereocenters. The first-order chi connectivity index (χ1) is 9.66. The molecule has 0 fully saturated rings. The summed E-state index contributed by atoms with van der Waals surface area (Å²) >= 11 is 0. The third-order valence-corrected chi connectivity index (χ3v) is 3.61. The molecule has 0 saturated heterocycles. The summed E-state index contributed by atoms with van der Waals surface area (Å²) in [6.45, 7) is 0.208. The van der Waals surface area contributed by atoms with Gasteiger partial charge in [0.2, 0.25) is 0 Å². The predicted molar refractivity (Wildman–Crippen MR) is 76.5 cm³/mol. The van der Waals surface area contributed by atoms with Gasteiger partial charge in [-0.05, 0) is 31.4 Å². The fourth-order valence-corrected chi connectivity index (χ4v) is 2.47. The quantitative estimate of drug-likeness (QED) is 0.844. The Balaban J connectivity index is 1.70. The number of aliphatic hydroxyl groups is 1. The van der Waals surface area contributed by atoms with E-state index in [9.17, 15) is 9.90 Å². The van der Waals surface area contributed by atoms with Gasteiger partial charge >= 0.3 is 0 Å². The first kappa shape index (κ1) is 12.9. The van der Waals surface area contributed by atoms with E-state index in [1.807, 2.05) is 30.3 Å².